The molecule has 1 N–H and O–H groups in total. The van der Waals surface area contributed by atoms with Crippen LogP contribution < -0.4 is 10.1 Å². The largest absolute Gasteiger partial charge is 0.479 e. The van der Waals surface area contributed by atoms with E-state index in [9.17, 15) is 0 Å². The van der Waals surface area contributed by atoms with E-state index in [1.807, 2.05) is 30.3 Å². The van der Waals surface area contributed by atoms with Crippen LogP contribution in [0, 0.1) is 11.3 Å². The van der Waals surface area contributed by atoms with Crippen molar-refractivity contribution in [2.24, 2.45) is 0 Å². The summed E-state index contributed by atoms with van der Waals surface area (Å²) in [7, 11) is 0. The van der Waals surface area contributed by atoms with E-state index in [-0.39, 0.29) is 6.61 Å². The van der Waals surface area contributed by atoms with Crippen LogP contribution in [0.3, 0.4) is 0 Å². The number of hydrogen-bond acceptors (Lipinski definition) is 4. The molecule has 0 aliphatic carbocycles. The molecule has 2 unspecified atom stereocenters. The maximum Gasteiger partial charge on any atom is 0.174 e. The first kappa shape index (κ1) is 12.7. The van der Waals surface area contributed by atoms with Crippen LogP contribution in [0.1, 0.15) is 19.8 Å². The van der Waals surface area contributed by atoms with Crippen LogP contribution in [0.4, 0.5) is 5.69 Å². The van der Waals surface area contributed by atoms with Gasteiger partial charge in [-0.3, -0.25) is 0 Å². The molecular formula is C14H18N2O2. The number of ether oxygens (including phenoxy) is 2. The van der Waals surface area contributed by atoms with Crippen LogP contribution in [0.2, 0.25) is 0 Å². The molecule has 1 heterocycles. The third-order valence-corrected chi connectivity index (χ3v) is 2.99. The van der Waals surface area contributed by atoms with E-state index in [4.69, 9.17) is 14.7 Å². The topological polar surface area (TPSA) is 54.3 Å². The second kappa shape index (κ2) is 6.27. The van der Waals surface area contributed by atoms with Gasteiger partial charge in [-0.2, -0.15) is 5.26 Å². The zero-order valence-electron chi connectivity index (χ0n) is 10.6. The molecule has 96 valence electrons. The van der Waals surface area contributed by atoms with Gasteiger partial charge in [0.2, 0.25) is 0 Å². The Bertz CT molecular complexity index is 428. The third-order valence-electron chi connectivity index (χ3n) is 2.99. The molecule has 4 nitrogen and oxygen atoms in total. The minimum absolute atomic E-state index is 0.0761. The van der Waals surface area contributed by atoms with Crippen molar-refractivity contribution in [2.75, 3.05) is 18.5 Å². The van der Waals surface area contributed by atoms with E-state index in [0.29, 0.717) is 18.0 Å². The Morgan fingerprint density at radius 3 is 3.11 bits per heavy atom. The van der Waals surface area contributed by atoms with E-state index >= 15 is 0 Å². The molecule has 2 atom stereocenters. The van der Waals surface area contributed by atoms with Gasteiger partial charge in [-0.15, -0.1) is 0 Å². The summed E-state index contributed by atoms with van der Waals surface area (Å²) < 4.78 is 11.0. The van der Waals surface area contributed by atoms with E-state index in [1.165, 1.54) is 0 Å². The predicted molar refractivity (Wildman–Crippen MR) is 69.6 cm³/mol. The number of anilines is 1. The highest BCUT2D eigenvalue weighted by Crippen LogP contribution is 2.21. The van der Waals surface area contributed by atoms with E-state index < -0.39 is 0 Å². The molecule has 4 heteroatoms. The Kier molecular flexibility index (Phi) is 4.43. The highest BCUT2D eigenvalue weighted by atomic mass is 16.5. The molecule has 1 saturated heterocycles. The minimum Gasteiger partial charge on any atom is -0.479 e. The number of nitrogens with one attached hydrogen (secondary N) is 1. The second-order valence-electron chi connectivity index (χ2n) is 4.50. The van der Waals surface area contributed by atoms with Crippen molar-refractivity contribution in [3.05, 3.63) is 24.3 Å². The lowest BCUT2D eigenvalue weighted by Crippen LogP contribution is -2.19. The zero-order valence-corrected chi connectivity index (χ0v) is 10.6. The average Bonchev–Trinajstić information content (AvgIpc) is 2.80. The molecule has 0 amide bonds. The lowest BCUT2D eigenvalue weighted by atomic mass is 10.2. The summed E-state index contributed by atoms with van der Waals surface area (Å²) in [5, 5.41) is 11.8. The fraction of sp³-hybridized carbons (Fsp3) is 0.500. The maximum atomic E-state index is 8.46. The first-order valence-electron chi connectivity index (χ1n) is 6.27. The molecule has 0 saturated carbocycles. The Balaban J connectivity index is 1.83. The number of benzene rings is 1. The molecule has 0 aromatic heterocycles. The van der Waals surface area contributed by atoms with Gasteiger partial charge in [-0.05, 0) is 31.9 Å². The highest BCUT2D eigenvalue weighted by molar-refractivity contribution is 5.48. The first-order valence-corrected chi connectivity index (χ1v) is 6.27. The van der Waals surface area contributed by atoms with E-state index in [0.717, 1.165) is 25.1 Å². The Labute approximate surface area is 108 Å². The van der Waals surface area contributed by atoms with Crippen LogP contribution in [0.15, 0.2) is 24.3 Å². The van der Waals surface area contributed by atoms with Crippen molar-refractivity contribution in [1.82, 2.24) is 0 Å². The van der Waals surface area contributed by atoms with Crippen molar-refractivity contribution in [3.8, 4) is 11.8 Å². The van der Waals surface area contributed by atoms with Crippen LogP contribution >= 0.6 is 0 Å². The number of nitriles is 1. The van der Waals surface area contributed by atoms with Gasteiger partial charge in [-0.25, -0.2) is 0 Å². The molecule has 0 bridgehead atoms. The maximum absolute atomic E-state index is 8.46. The van der Waals surface area contributed by atoms with Crippen molar-refractivity contribution < 1.29 is 9.47 Å². The monoisotopic (exact) mass is 246 g/mol. The highest BCUT2D eigenvalue weighted by Gasteiger charge is 2.21. The summed E-state index contributed by atoms with van der Waals surface area (Å²) in [6, 6.07) is 9.59. The van der Waals surface area contributed by atoms with Crippen LogP contribution in [0.25, 0.3) is 0 Å². The molecule has 18 heavy (non-hydrogen) atoms. The molecule has 2 rings (SSSR count). The van der Waals surface area contributed by atoms with Gasteiger partial charge in [0.25, 0.3) is 0 Å². The van der Waals surface area contributed by atoms with Crippen molar-refractivity contribution in [1.29, 1.82) is 5.26 Å². The fourth-order valence-electron chi connectivity index (χ4n) is 2.08. The Hall–Kier alpha value is -1.73. The summed E-state index contributed by atoms with van der Waals surface area (Å²) in [5.41, 5.74) is 0.994. The summed E-state index contributed by atoms with van der Waals surface area (Å²) in [6.07, 6.45) is 2.92. The number of nitrogens with zero attached hydrogens (tertiary/aromatic N) is 1. The van der Waals surface area contributed by atoms with Gasteiger partial charge in [0, 0.05) is 18.3 Å². The summed E-state index contributed by atoms with van der Waals surface area (Å²) in [6.45, 7) is 3.00. The lowest BCUT2D eigenvalue weighted by molar-refractivity contribution is 0.0637. The third kappa shape index (κ3) is 3.64. The van der Waals surface area contributed by atoms with Crippen molar-refractivity contribution >= 4 is 5.69 Å². The molecule has 0 spiro atoms. The Morgan fingerprint density at radius 1 is 1.50 bits per heavy atom. The van der Waals surface area contributed by atoms with Gasteiger partial charge in [0.15, 0.2) is 6.61 Å². The predicted octanol–water partition coefficient (Wildman–Crippen LogP) is 2.57. The van der Waals surface area contributed by atoms with Crippen LogP contribution in [-0.4, -0.2) is 25.4 Å². The Morgan fingerprint density at radius 2 is 2.39 bits per heavy atom. The van der Waals surface area contributed by atoms with Gasteiger partial charge in [0.05, 0.1) is 12.2 Å². The molecule has 1 aliphatic rings. The summed E-state index contributed by atoms with van der Waals surface area (Å²) >= 11 is 0. The van der Waals surface area contributed by atoms with Gasteiger partial charge < -0.3 is 14.8 Å². The van der Waals surface area contributed by atoms with Gasteiger partial charge in [-0.1, -0.05) is 6.07 Å². The quantitative estimate of drug-likeness (QED) is 0.867. The standard InChI is InChI=1S/C14H18N2O2/c1-11-5-6-14(18-11)10-16-12-3-2-4-13(9-12)17-8-7-15/h2-4,9,11,14,16H,5-6,8,10H2,1H3. The van der Waals surface area contributed by atoms with E-state index in [1.54, 1.807) is 0 Å². The summed E-state index contributed by atoms with van der Waals surface area (Å²) in [4.78, 5) is 0. The van der Waals surface area contributed by atoms with Crippen LogP contribution in [-0.2, 0) is 4.74 Å². The van der Waals surface area contributed by atoms with Crippen LogP contribution in [0.5, 0.6) is 5.75 Å². The normalized spacial score (nSPS) is 22.4. The fourth-order valence-corrected chi connectivity index (χ4v) is 2.08. The SMILES string of the molecule is CC1CCC(CNc2cccc(OCC#N)c2)O1. The zero-order chi connectivity index (χ0) is 12.8. The second-order valence-corrected chi connectivity index (χ2v) is 4.50. The average molecular weight is 246 g/mol. The van der Waals surface area contributed by atoms with Gasteiger partial charge >= 0.3 is 0 Å². The molecule has 1 aromatic carbocycles. The number of rotatable bonds is 5. The van der Waals surface area contributed by atoms with Crippen molar-refractivity contribution in [2.45, 2.75) is 32.0 Å². The smallest absolute Gasteiger partial charge is 0.174 e. The number of hydrogen-bond donors (Lipinski definition) is 1. The first-order chi connectivity index (χ1) is 8.78. The van der Waals surface area contributed by atoms with Gasteiger partial charge in [0.1, 0.15) is 11.8 Å². The van der Waals surface area contributed by atoms with Crippen molar-refractivity contribution in [3.63, 3.8) is 0 Å². The molecular weight excluding hydrogens is 228 g/mol. The van der Waals surface area contributed by atoms with E-state index in [2.05, 4.69) is 12.2 Å². The molecule has 1 aromatic rings. The minimum atomic E-state index is 0.0761. The molecule has 1 fully saturated rings. The lowest BCUT2D eigenvalue weighted by Gasteiger charge is -2.13. The summed E-state index contributed by atoms with van der Waals surface area (Å²) in [5.74, 6) is 0.710. The molecule has 1 aliphatic heterocycles. The molecule has 0 radical (unpaired) electrons.